The number of rotatable bonds is 4. The van der Waals surface area contributed by atoms with E-state index < -0.39 is 6.36 Å². The summed E-state index contributed by atoms with van der Waals surface area (Å²) in [5.74, 6) is 0.274. The van der Waals surface area contributed by atoms with E-state index >= 15 is 0 Å². The number of halogens is 3. The van der Waals surface area contributed by atoms with Gasteiger partial charge in [0, 0.05) is 57.4 Å². The zero-order chi connectivity index (χ0) is 23.9. The molecule has 0 bridgehead atoms. The van der Waals surface area contributed by atoms with Gasteiger partial charge in [0.25, 0.3) is 0 Å². The van der Waals surface area contributed by atoms with Crippen molar-refractivity contribution in [2.75, 3.05) is 32.7 Å². The molecule has 9 nitrogen and oxygen atoms in total. The summed E-state index contributed by atoms with van der Waals surface area (Å²) in [5.41, 5.74) is 2.51. The van der Waals surface area contributed by atoms with Crippen molar-refractivity contribution in [2.45, 2.75) is 32.2 Å². The topological polar surface area (TPSA) is 94.7 Å². The number of hydrogen-bond acceptors (Lipinski definition) is 5. The summed E-state index contributed by atoms with van der Waals surface area (Å²) in [7, 11) is 0. The Morgan fingerprint density at radius 2 is 1.62 bits per heavy atom. The number of ether oxygens (including phenoxy) is 1. The third kappa shape index (κ3) is 4.80. The monoisotopic (exact) mass is 478 g/mol. The average molecular weight is 478 g/mol. The van der Waals surface area contributed by atoms with Crippen molar-refractivity contribution in [1.29, 1.82) is 0 Å². The Morgan fingerprint density at radius 3 is 2.29 bits per heavy atom. The van der Waals surface area contributed by atoms with Crippen molar-refractivity contribution in [3.05, 3.63) is 41.2 Å². The van der Waals surface area contributed by atoms with E-state index in [0.717, 1.165) is 17.0 Å². The van der Waals surface area contributed by atoms with Gasteiger partial charge in [-0.3, -0.25) is 4.79 Å². The third-order valence-corrected chi connectivity index (χ3v) is 6.83. The van der Waals surface area contributed by atoms with E-state index in [1.807, 2.05) is 9.80 Å². The van der Waals surface area contributed by atoms with Crippen LogP contribution in [0.3, 0.4) is 0 Å². The second-order valence-corrected chi connectivity index (χ2v) is 9.09. The summed E-state index contributed by atoms with van der Waals surface area (Å²) in [6.45, 7) is 3.60. The number of aromatic nitrogens is 3. The standard InChI is InChI=1S/C22H25F3N6O3/c23-22(24,25)34-17-4-1-14(2-5-17)3-6-20(32)30-9-15-11-31(12-16(15)10-30)21(33)29-8-7-18-19(13-29)27-28-26-18/h1-2,4-5,15-16H,3,6-13H2,(H,26,27,28). The molecule has 0 saturated carbocycles. The van der Waals surface area contributed by atoms with Crippen LogP contribution < -0.4 is 4.74 Å². The molecule has 4 heterocycles. The lowest BCUT2D eigenvalue weighted by molar-refractivity contribution is -0.274. The molecule has 3 aliphatic rings. The molecule has 0 spiro atoms. The maximum Gasteiger partial charge on any atom is 0.573 e. The molecule has 1 aromatic heterocycles. The van der Waals surface area contributed by atoms with Gasteiger partial charge in [-0.2, -0.15) is 15.4 Å². The van der Waals surface area contributed by atoms with Crippen LogP contribution in [0.1, 0.15) is 23.4 Å². The molecule has 0 radical (unpaired) electrons. The largest absolute Gasteiger partial charge is 0.573 e. The number of amides is 3. The molecule has 2 unspecified atom stereocenters. The SMILES string of the molecule is O=C(CCc1ccc(OC(F)(F)F)cc1)N1CC2CN(C(=O)N3CCc4n[nH]nc4C3)CC2C1. The molecule has 34 heavy (non-hydrogen) atoms. The van der Waals surface area contributed by atoms with Gasteiger partial charge in [0.1, 0.15) is 11.4 Å². The minimum atomic E-state index is -4.72. The van der Waals surface area contributed by atoms with E-state index in [-0.39, 0.29) is 35.9 Å². The van der Waals surface area contributed by atoms with E-state index in [4.69, 9.17) is 0 Å². The number of carbonyl (C=O) groups is 2. The van der Waals surface area contributed by atoms with Gasteiger partial charge in [0.05, 0.1) is 12.2 Å². The van der Waals surface area contributed by atoms with Crippen LogP contribution in [0.15, 0.2) is 24.3 Å². The van der Waals surface area contributed by atoms with Crippen LogP contribution in [0.2, 0.25) is 0 Å². The molecule has 0 aliphatic carbocycles. The third-order valence-electron chi connectivity index (χ3n) is 6.83. The second kappa shape index (κ2) is 8.80. The van der Waals surface area contributed by atoms with Crippen molar-refractivity contribution in [2.24, 2.45) is 11.8 Å². The number of likely N-dealkylation sites (tertiary alicyclic amines) is 2. The summed E-state index contributed by atoms with van der Waals surface area (Å²) in [6.07, 6.45) is -3.30. The Hall–Kier alpha value is -3.31. The normalized spacial score (nSPS) is 22.0. The Morgan fingerprint density at radius 1 is 0.971 bits per heavy atom. The van der Waals surface area contributed by atoms with Gasteiger partial charge in [-0.15, -0.1) is 13.2 Å². The fourth-order valence-corrected chi connectivity index (χ4v) is 5.09. The summed E-state index contributed by atoms with van der Waals surface area (Å²) >= 11 is 0. The Balaban J connectivity index is 1.08. The molecule has 2 fully saturated rings. The first-order chi connectivity index (χ1) is 16.2. The van der Waals surface area contributed by atoms with Crippen molar-refractivity contribution in [3.63, 3.8) is 0 Å². The number of aryl methyl sites for hydroxylation is 1. The predicted octanol–water partition coefficient (Wildman–Crippen LogP) is 2.20. The first kappa shape index (κ1) is 22.5. The fraction of sp³-hybridized carbons (Fsp3) is 0.545. The Bertz CT molecular complexity index is 1040. The number of fused-ring (bicyclic) bond motifs is 2. The van der Waals surface area contributed by atoms with Gasteiger partial charge < -0.3 is 19.4 Å². The Labute approximate surface area is 193 Å². The molecule has 12 heteroatoms. The minimum absolute atomic E-state index is 0.0128. The minimum Gasteiger partial charge on any atom is -0.406 e. The number of hydrogen-bond donors (Lipinski definition) is 1. The Kier molecular flexibility index (Phi) is 5.82. The molecule has 2 saturated heterocycles. The number of carbonyl (C=O) groups excluding carboxylic acids is 2. The number of urea groups is 1. The molecule has 2 atom stereocenters. The van der Waals surface area contributed by atoms with E-state index in [2.05, 4.69) is 20.1 Å². The summed E-state index contributed by atoms with van der Waals surface area (Å²) in [4.78, 5) is 31.2. The van der Waals surface area contributed by atoms with Gasteiger partial charge in [-0.1, -0.05) is 12.1 Å². The van der Waals surface area contributed by atoms with Crippen LogP contribution in [0.25, 0.3) is 0 Å². The summed E-state index contributed by atoms with van der Waals surface area (Å²) < 4.78 is 40.7. The van der Waals surface area contributed by atoms with E-state index in [1.165, 1.54) is 12.1 Å². The lowest BCUT2D eigenvalue weighted by Crippen LogP contribution is -2.45. The van der Waals surface area contributed by atoms with Crippen LogP contribution in [-0.2, 0) is 24.2 Å². The number of H-pyrrole nitrogens is 1. The number of benzene rings is 1. The quantitative estimate of drug-likeness (QED) is 0.727. The summed E-state index contributed by atoms with van der Waals surface area (Å²) in [5, 5.41) is 10.8. The maximum absolute atomic E-state index is 13.0. The highest BCUT2D eigenvalue weighted by molar-refractivity contribution is 5.77. The molecular formula is C22H25F3N6O3. The lowest BCUT2D eigenvalue weighted by Gasteiger charge is -2.31. The van der Waals surface area contributed by atoms with Crippen molar-refractivity contribution >= 4 is 11.9 Å². The number of nitrogens with zero attached hydrogens (tertiary/aromatic N) is 5. The fourth-order valence-electron chi connectivity index (χ4n) is 5.09. The van der Waals surface area contributed by atoms with Crippen LogP contribution in [0.5, 0.6) is 5.75 Å². The van der Waals surface area contributed by atoms with Crippen molar-refractivity contribution in [1.82, 2.24) is 30.1 Å². The van der Waals surface area contributed by atoms with Gasteiger partial charge in [-0.05, 0) is 24.1 Å². The van der Waals surface area contributed by atoms with Crippen molar-refractivity contribution < 1.29 is 27.5 Å². The highest BCUT2D eigenvalue weighted by Gasteiger charge is 2.44. The zero-order valence-electron chi connectivity index (χ0n) is 18.4. The van der Waals surface area contributed by atoms with E-state index in [0.29, 0.717) is 52.1 Å². The van der Waals surface area contributed by atoms with Crippen molar-refractivity contribution in [3.8, 4) is 5.75 Å². The van der Waals surface area contributed by atoms with Gasteiger partial charge in [-0.25, -0.2) is 4.79 Å². The van der Waals surface area contributed by atoms with Crippen LogP contribution >= 0.6 is 0 Å². The zero-order valence-corrected chi connectivity index (χ0v) is 18.4. The number of alkyl halides is 3. The molecular weight excluding hydrogens is 453 g/mol. The van der Waals surface area contributed by atoms with E-state index in [9.17, 15) is 22.8 Å². The molecule has 182 valence electrons. The maximum atomic E-state index is 13.0. The first-order valence-corrected chi connectivity index (χ1v) is 11.3. The van der Waals surface area contributed by atoms with Gasteiger partial charge in [0.2, 0.25) is 5.91 Å². The van der Waals surface area contributed by atoms with Gasteiger partial charge in [0.15, 0.2) is 0 Å². The predicted molar refractivity (Wildman–Crippen MR) is 112 cm³/mol. The molecule has 1 N–H and O–H groups in total. The molecule has 1 aromatic carbocycles. The van der Waals surface area contributed by atoms with Crippen LogP contribution in [-0.4, -0.2) is 81.1 Å². The molecule has 2 aromatic rings. The van der Waals surface area contributed by atoms with Gasteiger partial charge >= 0.3 is 12.4 Å². The first-order valence-electron chi connectivity index (χ1n) is 11.3. The highest BCUT2D eigenvalue weighted by atomic mass is 19.4. The smallest absolute Gasteiger partial charge is 0.406 e. The number of aromatic amines is 1. The molecule has 5 rings (SSSR count). The summed E-state index contributed by atoms with van der Waals surface area (Å²) in [6, 6.07) is 5.60. The van der Waals surface area contributed by atoms with Crippen LogP contribution in [0.4, 0.5) is 18.0 Å². The number of nitrogens with one attached hydrogen (secondary N) is 1. The van der Waals surface area contributed by atoms with Crippen LogP contribution in [0, 0.1) is 11.8 Å². The second-order valence-electron chi connectivity index (χ2n) is 9.09. The molecule has 3 aliphatic heterocycles. The van der Waals surface area contributed by atoms with E-state index in [1.54, 1.807) is 17.0 Å². The average Bonchev–Trinajstić information content (AvgIpc) is 3.51. The highest BCUT2D eigenvalue weighted by Crippen LogP contribution is 2.32. The lowest BCUT2D eigenvalue weighted by atomic mass is 10.0. The molecule has 3 amide bonds.